The smallest absolute Gasteiger partial charge is 0.0621 e. The van der Waals surface area contributed by atoms with Gasteiger partial charge in [-0.25, -0.2) is 0 Å². The maximum Gasteiger partial charge on any atom is 0.0621 e. The fraction of sp³-hybridized carbons (Fsp3) is 0.667. The van der Waals surface area contributed by atoms with Crippen molar-refractivity contribution in [2.45, 2.75) is 52.5 Å². The molecule has 1 rings (SSSR count). The van der Waals surface area contributed by atoms with Gasteiger partial charge in [0.1, 0.15) is 0 Å². The molecule has 3 heteroatoms. The highest BCUT2D eigenvalue weighted by Gasteiger charge is 2.19. The molecule has 1 atom stereocenters. The second-order valence-electron chi connectivity index (χ2n) is 4.81. The minimum absolute atomic E-state index is 0.514. The van der Waals surface area contributed by atoms with Crippen molar-refractivity contribution in [3.63, 3.8) is 0 Å². The molecule has 1 N–H and O–H groups in total. The lowest BCUT2D eigenvalue weighted by Gasteiger charge is -2.27. The van der Waals surface area contributed by atoms with Gasteiger partial charge >= 0.3 is 0 Å². The summed E-state index contributed by atoms with van der Waals surface area (Å²) in [5.74, 6) is 0.709. The van der Waals surface area contributed by atoms with E-state index in [9.17, 15) is 0 Å². The SMILES string of the molecule is CCCNC(Cc1ccncc1Cl)C(CC)CC. The Morgan fingerprint density at radius 2 is 2.00 bits per heavy atom. The number of hydrogen-bond acceptors (Lipinski definition) is 2. The van der Waals surface area contributed by atoms with Gasteiger partial charge in [-0.1, -0.05) is 45.2 Å². The fourth-order valence-electron chi connectivity index (χ4n) is 2.40. The minimum Gasteiger partial charge on any atom is -0.313 e. The number of nitrogens with zero attached hydrogens (tertiary/aromatic N) is 1. The van der Waals surface area contributed by atoms with Gasteiger partial charge in [0, 0.05) is 18.4 Å². The Morgan fingerprint density at radius 3 is 2.56 bits per heavy atom. The molecule has 0 fully saturated rings. The maximum absolute atomic E-state index is 6.20. The summed E-state index contributed by atoms with van der Waals surface area (Å²) < 4.78 is 0. The van der Waals surface area contributed by atoms with Gasteiger partial charge in [-0.15, -0.1) is 0 Å². The van der Waals surface area contributed by atoms with Crippen LogP contribution in [0.2, 0.25) is 5.02 Å². The average molecular weight is 269 g/mol. The number of rotatable bonds is 8. The van der Waals surface area contributed by atoms with E-state index in [0.29, 0.717) is 12.0 Å². The van der Waals surface area contributed by atoms with Gasteiger partial charge in [-0.3, -0.25) is 4.98 Å². The Kier molecular flexibility index (Phi) is 7.29. The molecule has 0 aliphatic rings. The van der Waals surface area contributed by atoms with Crippen LogP contribution in [0.15, 0.2) is 18.5 Å². The first-order chi connectivity index (χ1) is 8.72. The summed E-state index contributed by atoms with van der Waals surface area (Å²) in [6.07, 6.45) is 8.14. The van der Waals surface area contributed by atoms with Crippen LogP contribution in [0, 0.1) is 5.92 Å². The third-order valence-corrected chi connectivity index (χ3v) is 3.91. The van der Waals surface area contributed by atoms with Crippen molar-refractivity contribution >= 4 is 11.6 Å². The van der Waals surface area contributed by atoms with Crippen molar-refractivity contribution in [3.8, 4) is 0 Å². The van der Waals surface area contributed by atoms with Gasteiger partial charge in [-0.05, 0) is 36.9 Å². The van der Waals surface area contributed by atoms with Crippen LogP contribution in [-0.4, -0.2) is 17.6 Å². The van der Waals surface area contributed by atoms with Crippen molar-refractivity contribution in [2.75, 3.05) is 6.54 Å². The number of hydrogen-bond donors (Lipinski definition) is 1. The Labute approximate surface area is 116 Å². The Bertz CT molecular complexity index is 337. The van der Waals surface area contributed by atoms with Crippen molar-refractivity contribution < 1.29 is 0 Å². The first kappa shape index (κ1) is 15.5. The second kappa shape index (κ2) is 8.49. The molecule has 0 radical (unpaired) electrons. The van der Waals surface area contributed by atoms with E-state index < -0.39 is 0 Å². The summed E-state index contributed by atoms with van der Waals surface area (Å²) in [5, 5.41) is 4.45. The second-order valence-corrected chi connectivity index (χ2v) is 5.22. The summed E-state index contributed by atoms with van der Waals surface area (Å²) >= 11 is 6.20. The molecule has 0 amide bonds. The van der Waals surface area contributed by atoms with Gasteiger partial charge in [0.15, 0.2) is 0 Å². The predicted octanol–water partition coefficient (Wildman–Crippen LogP) is 4.08. The molecule has 0 saturated heterocycles. The summed E-state index contributed by atoms with van der Waals surface area (Å²) in [6, 6.07) is 2.55. The zero-order valence-electron chi connectivity index (χ0n) is 11.7. The quantitative estimate of drug-likeness (QED) is 0.768. The molecule has 2 nitrogen and oxygen atoms in total. The molecule has 0 aromatic carbocycles. The summed E-state index contributed by atoms with van der Waals surface area (Å²) in [7, 11) is 0. The van der Waals surface area contributed by atoms with E-state index in [1.165, 1.54) is 24.8 Å². The third kappa shape index (κ3) is 4.58. The lowest BCUT2D eigenvalue weighted by atomic mass is 9.89. The van der Waals surface area contributed by atoms with Crippen molar-refractivity contribution in [3.05, 3.63) is 29.0 Å². The van der Waals surface area contributed by atoms with E-state index in [1.807, 2.05) is 12.3 Å². The van der Waals surface area contributed by atoms with Crippen LogP contribution < -0.4 is 5.32 Å². The Balaban J connectivity index is 2.74. The zero-order chi connectivity index (χ0) is 13.4. The molecule has 1 aromatic rings. The molecule has 0 aliphatic heterocycles. The van der Waals surface area contributed by atoms with Crippen LogP contribution in [-0.2, 0) is 6.42 Å². The van der Waals surface area contributed by atoms with Crippen LogP contribution in [0.25, 0.3) is 0 Å². The van der Waals surface area contributed by atoms with Gasteiger partial charge < -0.3 is 5.32 Å². The molecule has 0 saturated carbocycles. The van der Waals surface area contributed by atoms with E-state index >= 15 is 0 Å². The molecule has 102 valence electrons. The van der Waals surface area contributed by atoms with Gasteiger partial charge in [0.05, 0.1) is 5.02 Å². The van der Waals surface area contributed by atoms with Crippen molar-refractivity contribution in [2.24, 2.45) is 5.92 Å². The van der Waals surface area contributed by atoms with Crippen molar-refractivity contribution in [1.29, 1.82) is 0 Å². The lowest BCUT2D eigenvalue weighted by molar-refractivity contribution is 0.332. The first-order valence-electron chi connectivity index (χ1n) is 7.04. The van der Waals surface area contributed by atoms with E-state index in [-0.39, 0.29) is 0 Å². The molecular formula is C15H25ClN2. The number of nitrogens with one attached hydrogen (secondary N) is 1. The zero-order valence-corrected chi connectivity index (χ0v) is 12.5. The molecule has 1 heterocycles. The molecule has 0 spiro atoms. The Morgan fingerprint density at radius 1 is 1.28 bits per heavy atom. The van der Waals surface area contributed by atoms with E-state index in [0.717, 1.165) is 18.0 Å². The number of pyridine rings is 1. The monoisotopic (exact) mass is 268 g/mol. The van der Waals surface area contributed by atoms with E-state index in [2.05, 4.69) is 31.1 Å². The first-order valence-corrected chi connectivity index (χ1v) is 7.42. The fourth-order valence-corrected chi connectivity index (χ4v) is 2.60. The highest BCUT2D eigenvalue weighted by Crippen LogP contribution is 2.21. The van der Waals surface area contributed by atoms with Crippen molar-refractivity contribution in [1.82, 2.24) is 10.3 Å². The molecular weight excluding hydrogens is 244 g/mol. The summed E-state index contributed by atoms with van der Waals surface area (Å²) in [6.45, 7) is 7.81. The van der Waals surface area contributed by atoms with Crippen LogP contribution in [0.5, 0.6) is 0 Å². The minimum atomic E-state index is 0.514. The molecule has 0 aliphatic carbocycles. The molecule has 0 bridgehead atoms. The van der Waals surface area contributed by atoms with Gasteiger partial charge in [0.2, 0.25) is 0 Å². The molecule has 1 unspecified atom stereocenters. The topological polar surface area (TPSA) is 24.9 Å². The van der Waals surface area contributed by atoms with E-state index in [4.69, 9.17) is 11.6 Å². The van der Waals surface area contributed by atoms with Crippen LogP contribution >= 0.6 is 11.6 Å². The third-order valence-electron chi connectivity index (χ3n) is 3.57. The normalized spacial score (nSPS) is 12.9. The van der Waals surface area contributed by atoms with Gasteiger partial charge in [0.25, 0.3) is 0 Å². The standard InChI is InChI=1S/C15H25ClN2/c1-4-8-18-15(12(5-2)6-3)10-13-7-9-17-11-14(13)16/h7,9,11-12,15,18H,4-6,8,10H2,1-3H3. The highest BCUT2D eigenvalue weighted by molar-refractivity contribution is 6.31. The van der Waals surface area contributed by atoms with Crippen LogP contribution in [0.4, 0.5) is 0 Å². The highest BCUT2D eigenvalue weighted by atomic mass is 35.5. The molecule has 18 heavy (non-hydrogen) atoms. The number of aromatic nitrogens is 1. The number of halogens is 1. The largest absolute Gasteiger partial charge is 0.313 e. The summed E-state index contributed by atoms with van der Waals surface area (Å²) in [5.41, 5.74) is 1.20. The van der Waals surface area contributed by atoms with Crippen LogP contribution in [0.3, 0.4) is 0 Å². The van der Waals surface area contributed by atoms with E-state index in [1.54, 1.807) is 6.20 Å². The maximum atomic E-state index is 6.20. The van der Waals surface area contributed by atoms with Gasteiger partial charge in [-0.2, -0.15) is 0 Å². The molecule has 1 aromatic heterocycles. The lowest BCUT2D eigenvalue weighted by Crippen LogP contribution is -2.38. The predicted molar refractivity (Wildman–Crippen MR) is 79.1 cm³/mol. The summed E-state index contributed by atoms with van der Waals surface area (Å²) in [4.78, 5) is 4.05. The van der Waals surface area contributed by atoms with Crippen LogP contribution in [0.1, 0.15) is 45.6 Å². The Hall–Kier alpha value is -0.600. The average Bonchev–Trinajstić information content (AvgIpc) is 2.39.